The molecule has 10 heteroatoms. The van der Waals surface area contributed by atoms with Crippen LogP contribution in [-0.4, -0.2) is 50.8 Å². The lowest BCUT2D eigenvalue weighted by molar-refractivity contribution is 0.0935. The van der Waals surface area contributed by atoms with Crippen molar-refractivity contribution in [2.45, 2.75) is 38.5 Å². The predicted molar refractivity (Wildman–Crippen MR) is 120 cm³/mol. The third-order valence-corrected chi connectivity index (χ3v) is 6.43. The number of amides is 1. The van der Waals surface area contributed by atoms with Gasteiger partial charge in [-0.05, 0) is 30.7 Å². The Bertz CT molecular complexity index is 1260. The van der Waals surface area contributed by atoms with E-state index in [0.29, 0.717) is 54.5 Å². The Labute approximate surface area is 193 Å². The minimum Gasteiger partial charge on any atom is -0.487 e. The molecule has 0 spiro atoms. The van der Waals surface area contributed by atoms with Crippen LogP contribution in [0.5, 0.6) is 5.75 Å². The number of ether oxygens (including phenoxy) is 2. The lowest BCUT2D eigenvalue weighted by Crippen LogP contribution is -2.44. The van der Waals surface area contributed by atoms with Crippen LogP contribution in [0.25, 0.3) is 11.0 Å². The van der Waals surface area contributed by atoms with Crippen molar-refractivity contribution < 1.29 is 14.3 Å². The number of carbonyl (C=O) groups excluding carboxylic acids is 1. The summed E-state index contributed by atoms with van der Waals surface area (Å²) in [5.41, 5.74) is 0.988. The Kier molecular flexibility index (Phi) is 5.43. The molecule has 8 nitrogen and oxygen atoms in total. The summed E-state index contributed by atoms with van der Waals surface area (Å²) in [7, 11) is 0. The minimum atomic E-state index is -0.276. The molecule has 32 heavy (non-hydrogen) atoms. The third kappa shape index (κ3) is 3.89. The number of aryl methyl sites for hydroxylation is 1. The van der Waals surface area contributed by atoms with E-state index in [9.17, 15) is 9.59 Å². The molecule has 0 bridgehead atoms. The van der Waals surface area contributed by atoms with Gasteiger partial charge in [0.15, 0.2) is 16.5 Å². The molecule has 5 rings (SSSR count). The molecule has 2 atom stereocenters. The fourth-order valence-electron chi connectivity index (χ4n) is 4.20. The number of rotatable bonds is 4. The number of hydrogen-bond acceptors (Lipinski definition) is 6. The van der Waals surface area contributed by atoms with Gasteiger partial charge in [0.05, 0.1) is 18.0 Å². The van der Waals surface area contributed by atoms with Gasteiger partial charge in [0, 0.05) is 24.4 Å². The second-order valence-corrected chi connectivity index (χ2v) is 8.81. The summed E-state index contributed by atoms with van der Waals surface area (Å²) in [5, 5.41) is 1.12. The van der Waals surface area contributed by atoms with Gasteiger partial charge in [-0.3, -0.25) is 9.36 Å². The first-order valence-corrected chi connectivity index (χ1v) is 11.1. The van der Waals surface area contributed by atoms with E-state index in [1.165, 1.54) is 0 Å². The molecular weight excluding hydrogens is 455 g/mol. The van der Waals surface area contributed by atoms with Gasteiger partial charge >= 0.3 is 6.09 Å². The van der Waals surface area contributed by atoms with Gasteiger partial charge in [-0.1, -0.05) is 35.3 Å². The van der Waals surface area contributed by atoms with Gasteiger partial charge in [-0.25, -0.2) is 14.8 Å². The summed E-state index contributed by atoms with van der Waals surface area (Å²) >= 11 is 12.3. The van der Waals surface area contributed by atoms with E-state index >= 15 is 0 Å². The molecule has 4 heterocycles. The topological polar surface area (TPSA) is 86.6 Å². The maximum atomic E-state index is 13.3. The van der Waals surface area contributed by atoms with Crippen molar-refractivity contribution in [3.8, 4) is 5.75 Å². The number of cyclic esters (lactones) is 1. The zero-order valence-corrected chi connectivity index (χ0v) is 18.8. The Balaban J connectivity index is 1.44. The SMILES string of the molecule is Cc1nc2nc(Cl)c(O[C@H]3CCN4C(=O)OC[C@@H]4C3)cc2c(=O)n1Cc1ccc(Cl)cc1. The van der Waals surface area contributed by atoms with Crippen LogP contribution < -0.4 is 10.3 Å². The first kappa shape index (κ1) is 21.0. The van der Waals surface area contributed by atoms with Gasteiger partial charge in [0.2, 0.25) is 0 Å². The van der Waals surface area contributed by atoms with Crippen molar-refractivity contribution >= 4 is 40.3 Å². The van der Waals surface area contributed by atoms with Crippen molar-refractivity contribution in [2.75, 3.05) is 13.2 Å². The lowest BCUT2D eigenvalue weighted by atomic mass is 10.0. The highest BCUT2D eigenvalue weighted by molar-refractivity contribution is 6.31. The molecule has 166 valence electrons. The summed E-state index contributed by atoms with van der Waals surface area (Å²) in [5.74, 6) is 0.872. The van der Waals surface area contributed by atoms with Crippen LogP contribution in [0.1, 0.15) is 24.2 Å². The van der Waals surface area contributed by atoms with E-state index in [4.69, 9.17) is 32.7 Å². The summed E-state index contributed by atoms with van der Waals surface area (Å²) in [6.45, 7) is 3.04. The van der Waals surface area contributed by atoms with Crippen LogP contribution in [0.3, 0.4) is 0 Å². The monoisotopic (exact) mass is 474 g/mol. The smallest absolute Gasteiger partial charge is 0.410 e. The number of fused-ring (bicyclic) bond motifs is 2. The molecular formula is C22H20Cl2N4O4. The molecule has 0 saturated carbocycles. The first-order valence-electron chi connectivity index (χ1n) is 10.3. The molecule has 2 aliphatic rings. The van der Waals surface area contributed by atoms with E-state index in [1.807, 2.05) is 12.1 Å². The zero-order chi connectivity index (χ0) is 22.4. The summed E-state index contributed by atoms with van der Waals surface area (Å²) < 4.78 is 12.8. The van der Waals surface area contributed by atoms with Crippen LogP contribution in [0.4, 0.5) is 4.79 Å². The summed E-state index contributed by atoms with van der Waals surface area (Å²) in [4.78, 5) is 35.5. The zero-order valence-electron chi connectivity index (χ0n) is 17.3. The fraction of sp³-hybridized carbons (Fsp3) is 0.364. The number of pyridine rings is 1. The molecule has 2 fully saturated rings. The molecule has 0 radical (unpaired) electrons. The second-order valence-electron chi connectivity index (χ2n) is 8.01. The Morgan fingerprint density at radius 1 is 1.19 bits per heavy atom. The molecule has 2 saturated heterocycles. The first-order chi connectivity index (χ1) is 15.4. The number of halogens is 2. The Morgan fingerprint density at radius 3 is 2.75 bits per heavy atom. The van der Waals surface area contributed by atoms with Gasteiger partial charge in [-0.2, -0.15) is 0 Å². The van der Waals surface area contributed by atoms with Crippen molar-refractivity contribution in [2.24, 2.45) is 0 Å². The van der Waals surface area contributed by atoms with Crippen molar-refractivity contribution in [1.82, 2.24) is 19.4 Å². The van der Waals surface area contributed by atoms with Gasteiger partial charge in [-0.15, -0.1) is 0 Å². The molecule has 1 aromatic carbocycles. The minimum absolute atomic E-state index is 0.00522. The lowest BCUT2D eigenvalue weighted by Gasteiger charge is -2.32. The van der Waals surface area contributed by atoms with Gasteiger partial charge in [0.25, 0.3) is 5.56 Å². The van der Waals surface area contributed by atoms with Crippen molar-refractivity contribution in [3.05, 3.63) is 62.2 Å². The van der Waals surface area contributed by atoms with Gasteiger partial charge < -0.3 is 14.4 Å². The van der Waals surface area contributed by atoms with Crippen LogP contribution >= 0.6 is 23.2 Å². The second kappa shape index (κ2) is 8.26. The molecule has 2 aromatic heterocycles. The molecule has 0 N–H and O–H groups in total. The molecule has 0 aliphatic carbocycles. The average molecular weight is 475 g/mol. The Morgan fingerprint density at radius 2 is 1.97 bits per heavy atom. The highest BCUT2D eigenvalue weighted by Gasteiger charge is 2.39. The van der Waals surface area contributed by atoms with Crippen molar-refractivity contribution in [1.29, 1.82) is 0 Å². The summed E-state index contributed by atoms with van der Waals surface area (Å²) in [6.07, 6.45) is 0.846. The van der Waals surface area contributed by atoms with E-state index < -0.39 is 0 Å². The standard InChI is InChI=1S/C22H20Cl2N4O4/c1-12-25-20-17(21(29)28(12)10-13-2-4-14(23)5-3-13)9-18(19(24)26-20)32-16-6-7-27-15(8-16)11-31-22(27)30/h2-5,9,15-16H,6-8,10-11H2,1H3/t15-,16-/m0/s1. The van der Waals surface area contributed by atoms with E-state index in [1.54, 1.807) is 34.6 Å². The van der Waals surface area contributed by atoms with E-state index in [2.05, 4.69) is 9.97 Å². The number of carbonyl (C=O) groups is 1. The maximum Gasteiger partial charge on any atom is 0.410 e. The summed E-state index contributed by atoms with van der Waals surface area (Å²) in [6, 6.07) is 8.92. The molecule has 1 amide bonds. The van der Waals surface area contributed by atoms with Crippen LogP contribution in [0.15, 0.2) is 35.1 Å². The van der Waals surface area contributed by atoms with Crippen LogP contribution in [0, 0.1) is 6.92 Å². The maximum absolute atomic E-state index is 13.3. The number of benzene rings is 1. The quantitative estimate of drug-likeness (QED) is 0.534. The normalized spacial score (nSPS) is 20.3. The predicted octanol–water partition coefficient (Wildman–Crippen LogP) is 3.82. The molecule has 3 aromatic rings. The number of hydrogen-bond donors (Lipinski definition) is 0. The van der Waals surface area contributed by atoms with E-state index in [0.717, 1.165) is 5.56 Å². The number of piperidine rings is 1. The Hall–Kier alpha value is -2.84. The highest BCUT2D eigenvalue weighted by Crippen LogP contribution is 2.31. The number of aromatic nitrogens is 3. The third-order valence-electron chi connectivity index (χ3n) is 5.91. The molecule has 0 unspecified atom stereocenters. The van der Waals surface area contributed by atoms with Crippen LogP contribution in [0.2, 0.25) is 10.2 Å². The van der Waals surface area contributed by atoms with Crippen LogP contribution in [-0.2, 0) is 11.3 Å². The van der Waals surface area contributed by atoms with Crippen molar-refractivity contribution in [3.63, 3.8) is 0 Å². The largest absolute Gasteiger partial charge is 0.487 e. The average Bonchev–Trinajstić information content (AvgIpc) is 3.14. The molecule has 2 aliphatic heterocycles. The number of nitrogens with zero attached hydrogens (tertiary/aromatic N) is 4. The highest BCUT2D eigenvalue weighted by atomic mass is 35.5. The van der Waals surface area contributed by atoms with E-state index in [-0.39, 0.29) is 34.6 Å². The van der Waals surface area contributed by atoms with Gasteiger partial charge in [0.1, 0.15) is 18.5 Å². The fourth-order valence-corrected chi connectivity index (χ4v) is 4.51.